The Morgan fingerprint density at radius 3 is 2.63 bits per heavy atom. The number of rotatable bonds is 5. The van der Waals surface area contributed by atoms with Crippen LogP contribution in [0.4, 0.5) is 0 Å². The Morgan fingerprint density at radius 1 is 1.47 bits per heavy atom. The number of guanidine groups is 1. The maximum atomic E-state index is 5.35. The van der Waals surface area contributed by atoms with E-state index >= 15 is 0 Å². The van der Waals surface area contributed by atoms with E-state index in [1.54, 1.807) is 25.5 Å². The molecular weight excluding hydrogens is 375 g/mol. The molecule has 0 unspecified atom stereocenters. The second kappa shape index (κ2) is 8.70. The average molecular weight is 398 g/mol. The molecule has 7 heteroatoms. The zero-order valence-electron chi connectivity index (χ0n) is 12.1. The predicted octanol–water partition coefficient (Wildman–Crippen LogP) is 2.16. The highest BCUT2D eigenvalue weighted by molar-refractivity contribution is 14.0. The van der Waals surface area contributed by atoms with E-state index < -0.39 is 0 Å². The Kier molecular flexibility index (Phi) is 8.51. The summed E-state index contributed by atoms with van der Waals surface area (Å²) in [5.74, 6) is 0.771. The first-order valence-electron chi connectivity index (χ1n) is 5.87. The molecule has 0 spiro atoms. The largest absolute Gasteiger partial charge is 0.377 e. The van der Waals surface area contributed by atoms with Gasteiger partial charge in [-0.25, -0.2) is 4.98 Å². The van der Waals surface area contributed by atoms with Gasteiger partial charge in [-0.05, 0) is 20.8 Å². The van der Waals surface area contributed by atoms with Crippen molar-refractivity contribution in [2.75, 3.05) is 20.7 Å². The number of ether oxygens (including phenoxy) is 1. The second-order valence-electron chi connectivity index (χ2n) is 4.60. The molecule has 0 saturated carbocycles. The van der Waals surface area contributed by atoms with Gasteiger partial charge in [0.2, 0.25) is 0 Å². The first-order chi connectivity index (χ1) is 8.48. The van der Waals surface area contributed by atoms with Crippen LogP contribution in [0.15, 0.2) is 10.5 Å². The van der Waals surface area contributed by atoms with E-state index in [2.05, 4.69) is 20.6 Å². The lowest BCUT2D eigenvalue weighted by Crippen LogP contribution is -2.45. The highest BCUT2D eigenvalue weighted by Crippen LogP contribution is 2.11. The lowest BCUT2D eigenvalue weighted by molar-refractivity contribution is 0.0268. The molecular formula is C12H23IN4OS. The first-order valence-corrected chi connectivity index (χ1v) is 6.75. The van der Waals surface area contributed by atoms with Crippen LogP contribution in [0.1, 0.15) is 24.4 Å². The van der Waals surface area contributed by atoms with Crippen LogP contribution in [0.25, 0.3) is 0 Å². The van der Waals surface area contributed by atoms with Crippen LogP contribution >= 0.6 is 35.3 Å². The number of aryl methyl sites for hydroxylation is 1. The number of aliphatic imine (C=N–C) groups is 1. The summed E-state index contributed by atoms with van der Waals surface area (Å²) < 4.78 is 5.35. The van der Waals surface area contributed by atoms with Crippen LogP contribution in [0.5, 0.6) is 0 Å². The molecule has 2 N–H and O–H groups in total. The molecule has 19 heavy (non-hydrogen) atoms. The van der Waals surface area contributed by atoms with Crippen LogP contribution in [0, 0.1) is 6.92 Å². The van der Waals surface area contributed by atoms with Crippen LogP contribution in [0.3, 0.4) is 0 Å². The van der Waals surface area contributed by atoms with Gasteiger partial charge in [-0.15, -0.1) is 35.3 Å². The van der Waals surface area contributed by atoms with Gasteiger partial charge in [0.1, 0.15) is 0 Å². The number of hydrogen-bond acceptors (Lipinski definition) is 4. The molecule has 0 aromatic carbocycles. The van der Waals surface area contributed by atoms with Crippen molar-refractivity contribution in [2.24, 2.45) is 4.99 Å². The molecule has 5 nitrogen and oxygen atoms in total. The Bertz CT molecular complexity index is 406. The molecule has 0 aliphatic heterocycles. The number of hydrogen-bond donors (Lipinski definition) is 2. The van der Waals surface area contributed by atoms with E-state index in [1.165, 1.54) is 4.88 Å². The Hall–Kier alpha value is -0.410. The first kappa shape index (κ1) is 18.6. The summed E-state index contributed by atoms with van der Waals surface area (Å²) in [5.41, 5.74) is 2.72. The van der Waals surface area contributed by atoms with E-state index in [1.807, 2.05) is 26.3 Å². The molecule has 1 heterocycles. The average Bonchev–Trinajstić information content (AvgIpc) is 2.75. The third-order valence-electron chi connectivity index (χ3n) is 2.72. The maximum absolute atomic E-state index is 5.35. The lowest BCUT2D eigenvalue weighted by atomic mass is 10.1. The van der Waals surface area contributed by atoms with Gasteiger partial charge in [-0.2, -0.15) is 0 Å². The number of nitrogens with one attached hydrogen (secondary N) is 2. The van der Waals surface area contributed by atoms with Gasteiger partial charge < -0.3 is 15.4 Å². The molecule has 0 bridgehead atoms. The van der Waals surface area contributed by atoms with Gasteiger partial charge in [-0.3, -0.25) is 4.99 Å². The topological polar surface area (TPSA) is 58.5 Å². The maximum Gasteiger partial charge on any atom is 0.191 e. The fraction of sp³-hybridized carbons (Fsp3) is 0.667. The minimum atomic E-state index is -0.210. The number of methoxy groups -OCH3 is 1. The monoisotopic (exact) mass is 398 g/mol. The zero-order valence-corrected chi connectivity index (χ0v) is 15.3. The van der Waals surface area contributed by atoms with Crippen molar-refractivity contribution in [3.05, 3.63) is 16.1 Å². The fourth-order valence-electron chi connectivity index (χ4n) is 1.25. The molecule has 0 radical (unpaired) electrons. The summed E-state index contributed by atoms with van der Waals surface area (Å²) in [6, 6.07) is 0. The quantitative estimate of drug-likeness (QED) is 0.454. The second-order valence-corrected chi connectivity index (χ2v) is 5.54. The standard InChI is InChI=1S/C12H22N4OS.HI/c1-9-10(18-8-16-9)6-14-11(13-4)15-7-12(2,3)17-5;/h8H,6-7H2,1-5H3,(H2,13,14,15);1H. The Morgan fingerprint density at radius 2 is 2.16 bits per heavy atom. The van der Waals surface area contributed by atoms with Crippen molar-refractivity contribution in [3.63, 3.8) is 0 Å². The van der Waals surface area contributed by atoms with E-state index in [0.29, 0.717) is 6.54 Å². The Balaban J connectivity index is 0.00000324. The van der Waals surface area contributed by atoms with Crippen LogP contribution in [0.2, 0.25) is 0 Å². The molecule has 0 amide bonds. The molecule has 1 rings (SSSR count). The minimum absolute atomic E-state index is 0. The molecule has 0 aliphatic carbocycles. The highest BCUT2D eigenvalue weighted by atomic mass is 127. The molecule has 0 aliphatic rings. The zero-order chi connectivity index (χ0) is 13.6. The predicted molar refractivity (Wildman–Crippen MR) is 91.6 cm³/mol. The van der Waals surface area contributed by atoms with E-state index in [-0.39, 0.29) is 29.6 Å². The third kappa shape index (κ3) is 6.53. The van der Waals surface area contributed by atoms with Gasteiger partial charge in [0.25, 0.3) is 0 Å². The molecule has 0 atom stereocenters. The van der Waals surface area contributed by atoms with Crippen molar-refractivity contribution < 1.29 is 4.74 Å². The molecule has 1 aromatic rings. The number of nitrogens with zero attached hydrogens (tertiary/aromatic N) is 2. The number of thiazole rings is 1. The van der Waals surface area contributed by atoms with Crippen molar-refractivity contribution in [1.82, 2.24) is 15.6 Å². The van der Waals surface area contributed by atoms with Crippen LogP contribution in [-0.4, -0.2) is 37.2 Å². The van der Waals surface area contributed by atoms with Gasteiger partial charge in [0, 0.05) is 25.6 Å². The van der Waals surface area contributed by atoms with Crippen LogP contribution < -0.4 is 10.6 Å². The molecule has 110 valence electrons. The minimum Gasteiger partial charge on any atom is -0.377 e. The molecule has 1 aromatic heterocycles. The number of halogens is 1. The van der Waals surface area contributed by atoms with Gasteiger partial charge in [0.05, 0.1) is 23.4 Å². The van der Waals surface area contributed by atoms with Gasteiger partial charge in [0.15, 0.2) is 5.96 Å². The summed E-state index contributed by atoms with van der Waals surface area (Å²) >= 11 is 1.65. The summed E-state index contributed by atoms with van der Waals surface area (Å²) in [4.78, 5) is 9.62. The van der Waals surface area contributed by atoms with Gasteiger partial charge >= 0.3 is 0 Å². The van der Waals surface area contributed by atoms with Crippen molar-refractivity contribution in [3.8, 4) is 0 Å². The fourth-order valence-corrected chi connectivity index (χ4v) is 1.97. The molecule has 0 saturated heterocycles. The highest BCUT2D eigenvalue weighted by Gasteiger charge is 2.16. The summed E-state index contributed by atoms with van der Waals surface area (Å²) in [6.07, 6.45) is 0. The van der Waals surface area contributed by atoms with Crippen molar-refractivity contribution in [2.45, 2.75) is 32.9 Å². The summed E-state index contributed by atoms with van der Waals surface area (Å²) in [5, 5.41) is 6.50. The third-order valence-corrected chi connectivity index (χ3v) is 3.65. The van der Waals surface area contributed by atoms with Crippen molar-refractivity contribution in [1.29, 1.82) is 0 Å². The van der Waals surface area contributed by atoms with Gasteiger partial charge in [-0.1, -0.05) is 0 Å². The SMILES string of the molecule is CN=C(NCc1scnc1C)NCC(C)(C)OC.I. The summed E-state index contributed by atoms with van der Waals surface area (Å²) in [6.45, 7) is 7.51. The lowest BCUT2D eigenvalue weighted by Gasteiger charge is -2.24. The normalized spacial score (nSPS) is 11.9. The van der Waals surface area contributed by atoms with E-state index in [4.69, 9.17) is 4.74 Å². The summed E-state index contributed by atoms with van der Waals surface area (Å²) in [7, 11) is 3.47. The Labute approximate surface area is 136 Å². The van der Waals surface area contributed by atoms with E-state index in [9.17, 15) is 0 Å². The van der Waals surface area contributed by atoms with Crippen molar-refractivity contribution >= 4 is 41.3 Å². The molecule has 0 fully saturated rings. The van der Waals surface area contributed by atoms with E-state index in [0.717, 1.165) is 18.2 Å². The van der Waals surface area contributed by atoms with Crippen LogP contribution in [-0.2, 0) is 11.3 Å². The smallest absolute Gasteiger partial charge is 0.191 e. The number of aromatic nitrogens is 1.